The number of hydrogen-bond donors (Lipinski definition) is 0. The van der Waals surface area contributed by atoms with Gasteiger partial charge in [0.15, 0.2) is 15.0 Å². The van der Waals surface area contributed by atoms with E-state index in [2.05, 4.69) is 25.8 Å². The second-order valence-corrected chi connectivity index (χ2v) is 11.2. The first kappa shape index (κ1) is 22.4. The number of nitrogens with zero attached hydrogens (tertiary/aromatic N) is 2. The van der Waals surface area contributed by atoms with Crippen LogP contribution in [0.15, 0.2) is 52.7 Å². The number of halogens is 3. The van der Waals surface area contributed by atoms with E-state index in [-0.39, 0.29) is 0 Å². The van der Waals surface area contributed by atoms with Crippen molar-refractivity contribution in [3.05, 3.63) is 76.3 Å². The lowest BCUT2D eigenvalue weighted by atomic mass is 10.1. The molecule has 1 fully saturated rings. The topological polar surface area (TPSA) is 50.3 Å². The van der Waals surface area contributed by atoms with Crippen LogP contribution in [0.4, 0.5) is 13.9 Å². The van der Waals surface area contributed by atoms with Crippen LogP contribution >= 0.6 is 27.3 Å². The summed E-state index contributed by atoms with van der Waals surface area (Å²) in [7, 11) is -3.37. The summed E-state index contributed by atoms with van der Waals surface area (Å²) in [6.07, 6.45) is 1.42. The highest BCUT2D eigenvalue weighted by Crippen LogP contribution is 2.30. The molecule has 1 aromatic heterocycles. The highest BCUT2D eigenvalue weighted by Gasteiger charge is 2.32. The molecule has 0 radical (unpaired) electrons. The van der Waals surface area contributed by atoms with Gasteiger partial charge in [-0.05, 0) is 48.2 Å². The minimum atomic E-state index is -3.37. The third-order valence-electron chi connectivity index (χ3n) is 5.40. The number of benzene rings is 2. The largest absolute Gasteiger partial charge is 0.348 e. The lowest BCUT2D eigenvalue weighted by Crippen LogP contribution is -2.39. The highest BCUT2D eigenvalue weighted by molar-refractivity contribution is 9.08. The summed E-state index contributed by atoms with van der Waals surface area (Å²) in [5.41, 5.74) is 2.31. The smallest absolute Gasteiger partial charge is 0.185 e. The molecule has 0 aliphatic carbocycles. The summed E-state index contributed by atoms with van der Waals surface area (Å²) in [5, 5.41) is 2.97. The van der Waals surface area contributed by atoms with Gasteiger partial charge in [0.1, 0.15) is 11.6 Å². The van der Waals surface area contributed by atoms with Crippen molar-refractivity contribution in [2.45, 2.75) is 34.7 Å². The summed E-state index contributed by atoms with van der Waals surface area (Å²) in [6, 6.07) is 10.5. The maximum Gasteiger partial charge on any atom is 0.185 e. The molecule has 4 nitrogen and oxygen atoms in total. The molecule has 0 unspecified atom stereocenters. The first-order valence-corrected chi connectivity index (χ1v) is 13.4. The number of aromatic nitrogens is 1. The minimum Gasteiger partial charge on any atom is -0.348 e. The molecule has 0 atom stereocenters. The molecule has 3 aromatic rings. The molecule has 164 valence electrons. The fourth-order valence-corrected chi connectivity index (χ4v) is 6.75. The Morgan fingerprint density at radius 3 is 2.29 bits per heavy atom. The summed E-state index contributed by atoms with van der Waals surface area (Å²) in [5.74, 6) is -1.20. The number of rotatable bonds is 6. The Balaban J connectivity index is 1.39. The zero-order chi connectivity index (χ0) is 22.0. The molecule has 1 aliphatic heterocycles. The number of piperidine rings is 1. The predicted molar refractivity (Wildman–Crippen MR) is 123 cm³/mol. The Labute approximate surface area is 193 Å². The monoisotopic (exact) mass is 526 g/mol. The standard InChI is InChI=1S/C22H21BrF2N2O2S2/c23-13-15-1-3-20(4-2-15)31(28,29)21-5-7-27(8-6-21)22-26-19(14-30-22)11-16-9-17(24)12-18(25)10-16/h1-4,9-10,12,14,21H,5-8,11,13H2. The molecule has 0 spiro atoms. The van der Waals surface area contributed by atoms with E-state index in [0.717, 1.165) is 22.5 Å². The van der Waals surface area contributed by atoms with Crippen molar-refractivity contribution >= 4 is 42.2 Å². The fraction of sp³-hybridized carbons (Fsp3) is 0.318. The summed E-state index contributed by atoms with van der Waals surface area (Å²) in [6.45, 7) is 1.20. The molecule has 9 heteroatoms. The van der Waals surface area contributed by atoms with Crippen LogP contribution in [0.5, 0.6) is 0 Å². The van der Waals surface area contributed by atoms with Gasteiger partial charge in [0.05, 0.1) is 15.8 Å². The molecule has 0 N–H and O–H groups in total. The van der Waals surface area contributed by atoms with Crippen LogP contribution in [0.2, 0.25) is 0 Å². The second-order valence-electron chi connectivity index (χ2n) is 7.58. The first-order valence-electron chi connectivity index (χ1n) is 9.88. The number of anilines is 1. The Morgan fingerprint density at radius 1 is 1.03 bits per heavy atom. The number of sulfone groups is 1. The van der Waals surface area contributed by atoms with Gasteiger partial charge in [0.25, 0.3) is 0 Å². The number of hydrogen-bond acceptors (Lipinski definition) is 5. The molecule has 31 heavy (non-hydrogen) atoms. The normalized spacial score (nSPS) is 15.4. The molecule has 0 bridgehead atoms. The average Bonchev–Trinajstić information content (AvgIpc) is 3.21. The van der Waals surface area contributed by atoms with Crippen molar-refractivity contribution in [3.63, 3.8) is 0 Å². The average molecular weight is 527 g/mol. The first-order chi connectivity index (χ1) is 14.8. The van der Waals surface area contributed by atoms with Crippen molar-refractivity contribution in [2.24, 2.45) is 0 Å². The molecule has 0 saturated carbocycles. The third-order valence-corrected chi connectivity index (χ3v) is 9.28. The number of thiazole rings is 1. The van der Waals surface area contributed by atoms with Crippen molar-refractivity contribution < 1.29 is 17.2 Å². The molecule has 1 aliphatic rings. The summed E-state index contributed by atoms with van der Waals surface area (Å²) < 4.78 is 52.8. The van der Waals surface area contributed by atoms with Gasteiger partial charge in [-0.2, -0.15) is 0 Å². The summed E-state index contributed by atoms with van der Waals surface area (Å²) >= 11 is 4.84. The molecular formula is C22H21BrF2N2O2S2. The van der Waals surface area contributed by atoms with E-state index >= 15 is 0 Å². The van der Waals surface area contributed by atoms with Crippen molar-refractivity contribution in [1.82, 2.24) is 4.98 Å². The maximum absolute atomic E-state index is 13.4. The van der Waals surface area contributed by atoms with Gasteiger partial charge in [-0.25, -0.2) is 22.2 Å². The molecule has 4 rings (SSSR count). The zero-order valence-electron chi connectivity index (χ0n) is 16.6. The lowest BCUT2D eigenvalue weighted by Gasteiger charge is -2.31. The molecule has 0 amide bonds. The molecule has 2 aromatic carbocycles. The second kappa shape index (κ2) is 9.34. The van der Waals surface area contributed by atoms with Gasteiger partial charge in [-0.15, -0.1) is 11.3 Å². The van der Waals surface area contributed by atoms with E-state index in [1.54, 1.807) is 12.1 Å². The SMILES string of the molecule is O=S(=O)(c1ccc(CBr)cc1)C1CCN(c2nc(Cc3cc(F)cc(F)c3)cs2)CC1. The van der Waals surface area contributed by atoms with Crippen LogP contribution in [0.25, 0.3) is 0 Å². The molecule has 2 heterocycles. The van der Waals surface area contributed by atoms with Crippen molar-refractivity contribution in [3.8, 4) is 0 Å². The van der Waals surface area contributed by atoms with Gasteiger partial charge in [-0.1, -0.05) is 28.1 Å². The Morgan fingerprint density at radius 2 is 1.68 bits per heavy atom. The summed E-state index contributed by atoms with van der Waals surface area (Å²) in [4.78, 5) is 7.05. The third kappa shape index (κ3) is 5.15. The van der Waals surface area contributed by atoms with E-state index < -0.39 is 26.7 Å². The van der Waals surface area contributed by atoms with E-state index in [1.807, 2.05) is 17.5 Å². The van der Waals surface area contributed by atoms with Crippen LogP contribution in [-0.4, -0.2) is 31.7 Å². The number of alkyl halides is 1. The van der Waals surface area contributed by atoms with Crippen LogP contribution < -0.4 is 4.90 Å². The van der Waals surface area contributed by atoms with Gasteiger partial charge >= 0.3 is 0 Å². The molecule has 1 saturated heterocycles. The minimum absolute atomic E-state index is 0.348. The Hall–Kier alpha value is -1.84. The van der Waals surface area contributed by atoms with E-state index in [9.17, 15) is 17.2 Å². The van der Waals surface area contributed by atoms with Crippen LogP contribution in [0.1, 0.15) is 29.7 Å². The van der Waals surface area contributed by atoms with E-state index in [1.165, 1.54) is 23.5 Å². The van der Waals surface area contributed by atoms with Crippen LogP contribution in [0, 0.1) is 11.6 Å². The quantitative estimate of drug-likeness (QED) is 0.406. The van der Waals surface area contributed by atoms with Gasteiger partial charge in [-0.3, -0.25) is 0 Å². The van der Waals surface area contributed by atoms with Gasteiger partial charge in [0.2, 0.25) is 0 Å². The van der Waals surface area contributed by atoms with E-state index in [4.69, 9.17) is 0 Å². The van der Waals surface area contributed by atoms with Crippen molar-refractivity contribution in [1.29, 1.82) is 0 Å². The lowest BCUT2D eigenvalue weighted by molar-refractivity contribution is 0.529. The van der Waals surface area contributed by atoms with E-state index in [0.29, 0.717) is 48.1 Å². The highest BCUT2D eigenvalue weighted by atomic mass is 79.9. The predicted octanol–water partition coefficient (Wildman–Crippen LogP) is 5.35. The fourth-order valence-electron chi connectivity index (χ4n) is 3.76. The maximum atomic E-state index is 13.4. The van der Waals surface area contributed by atoms with Gasteiger partial charge in [0, 0.05) is 36.3 Å². The Kier molecular flexibility index (Phi) is 6.74. The Bertz CT molecular complexity index is 1140. The zero-order valence-corrected chi connectivity index (χ0v) is 19.8. The van der Waals surface area contributed by atoms with Gasteiger partial charge < -0.3 is 4.90 Å². The van der Waals surface area contributed by atoms with Crippen LogP contribution in [-0.2, 0) is 21.6 Å². The van der Waals surface area contributed by atoms with Crippen LogP contribution in [0.3, 0.4) is 0 Å². The van der Waals surface area contributed by atoms with Crippen molar-refractivity contribution in [2.75, 3.05) is 18.0 Å². The molecular weight excluding hydrogens is 506 g/mol.